The number of hydrogen-bond acceptors (Lipinski definition) is 30. The van der Waals surface area contributed by atoms with Crippen LogP contribution in [-0.2, 0) is 84.0 Å². The van der Waals surface area contributed by atoms with Gasteiger partial charge in [-0.3, -0.25) is 19.6 Å². The first kappa shape index (κ1) is 102. The number of rotatable bonds is 35. The van der Waals surface area contributed by atoms with Crippen molar-refractivity contribution in [3.8, 4) is 34.5 Å². The first-order valence-corrected chi connectivity index (χ1v) is 45.4. The molecule has 0 radical (unpaired) electrons. The van der Waals surface area contributed by atoms with Gasteiger partial charge in [0, 0.05) is 114 Å². The van der Waals surface area contributed by atoms with Crippen LogP contribution in [0.5, 0.6) is 34.5 Å². The highest BCUT2D eigenvalue weighted by molar-refractivity contribution is 8.13. The Labute approximate surface area is 717 Å². The van der Waals surface area contributed by atoms with Gasteiger partial charge >= 0.3 is 30.5 Å². The van der Waals surface area contributed by atoms with Crippen molar-refractivity contribution in [1.29, 1.82) is 0 Å². The third kappa shape index (κ3) is 32.9. The van der Waals surface area contributed by atoms with Gasteiger partial charge in [-0.1, -0.05) is 29.3 Å². The number of sulfonamides is 2. The molecule has 0 unspecified atom stereocenters. The summed E-state index contributed by atoms with van der Waals surface area (Å²) >= 11 is 12.9. The van der Waals surface area contributed by atoms with Crippen molar-refractivity contribution in [1.82, 2.24) is 29.0 Å². The number of carbonyl (C=O) groups excluding carboxylic acids is 3. The second-order valence-corrected chi connectivity index (χ2v) is 35.7. The molecule has 4 saturated heterocycles. The van der Waals surface area contributed by atoms with Crippen LogP contribution in [0.2, 0.25) is 10.0 Å². The van der Waals surface area contributed by atoms with Crippen molar-refractivity contribution in [3.63, 3.8) is 0 Å². The number of nitrogens with one attached hydrogen (secondary N) is 3. The Bertz CT molecular complexity index is 4800. The minimum atomic E-state index is -3.97. The number of alkyl halides is 2. The Morgan fingerprint density at radius 2 is 0.917 bits per heavy atom. The van der Waals surface area contributed by atoms with E-state index in [1.165, 1.54) is 134 Å². The van der Waals surface area contributed by atoms with Gasteiger partial charge in [0.25, 0.3) is 9.05 Å². The highest BCUT2D eigenvalue weighted by atomic mass is 35.7. The highest BCUT2D eigenvalue weighted by Gasteiger charge is 2.31. The number of carboxylic acids is 1. The molecule has 1 aromatic heterocycles. The van der Waals surface area contributed by atoms with E-state index in [4.69, 9.17) is 92.1 Å². The highest BCUT2D eigenvalue weighted by Crippen LogP contribution is 2.39. The quantitative estimate of drug-likeness (QED) is 0.0160. The Balaban J connectivity index is 0.000000261. The maximum atomic E-state index is 13.7. The molecule has 5 aliphatic rings. The van der Waals surface area contributed by atoms with Gasteiger partial charge in [-0.15, -0.1) is 0 Å². The third-order valence-electron chi connectivity index (χ3n) is 18.7. The van der Waals surface area contributed by atoms with Gasteiger partial charge in [0.15, 0.2) is 33.7 Å². The predicted molar refractivity (Wildman–Crippen MR) is 441 cm³/mol. The van der Waals surface area contributed by atoms with Crippen LogP contribution in [-0.4, -0.2) is 295 Å². The monoisotopic (exact) mass is 1840 g/mol. The lowest BCUT2D eigenvalue weighted by Gasteiger charge is -2.26. The third-order valence-corrected chi connectivity index (χ3v) is 25.5. The second kappa shape index (κ2) is 50.7. The summed E-state index contributed by atoms with van der Waals surface area (Å²) in [4.78, 5) is 58.4. The fourth-order valence-corrected chi connectivity index (χ4v) is 17.5. The molecule has 5 aromatic carbocycles. The molecule has 9 N–H and O–H groups in total. The standard InChI is InChI=1S/C33H36Cl2F2N2O8S.C15H22N2O6S.C14H20N2O6S.C9H9ClO5S.C6H14N2O.H2O/c1-43-28-8-6-23(16-31(28)48(41,42)14-2-9-39-10-12-44-13-11-39)32(40)46-29(17-24-25(34)18-38-19-26(24)35)22-5-7-27(47-33(36)37)30(15-22)45-20-21-3-4-21;1-21-13-4-3-12(15(18)22-2)11-14(13)24(19,20)16-5-6-17-7-9-23-10-8-17;1-21-12-3-2-11(14(17)18)10-13(12)23(19,20)15-4-5-16-6-8-22-9-7-16;1-14-7-4-3-6(9(11)15-2)5-8(7)16(10,12)13;7-1-2-8-3-5-9-6-4-8;/h5-8,15-16,18-19,21,29,33H,2-4,9-14,17,20H2,1H3;3-4,11,16H,5-10H2,1-2H3;2-3,10,15H,4-9H2,1H3,(H,17,18);3-5H,1-2H3;1-7H2;1H2/p+2/t29-;;;;;/m0...../s1. The number of nitrogens with zero attached hydrogens (tertiary/aromatic N) is 4. The van der Waals surface area contributed by atoms with E-state index in [9.17, 15) is 61.6 Å². The lowest BCUT2D eigenvalue weighted by Crippen LogP contribution is -2.41. The van der Waals surface area contributed by atoms with Gasteiger partial charge in [-0.25, -0.2) is 67.3 Å². The van der Waals surface area contributed by atoms with Crippen LogP contribution in [0.15, 0.2) is 123 Å². The fourth-order valence-electron chi connectivity index (χ4n) is 12.0. The number of carbonyl (C=O) groups is 4. The van der Waals surface area contributed by atoms with E-state index in [0.717, 1.165) is 104 Å². The summed E-state index contributed by atoms with van der Waals surface area (Å²) in [5.74, 6) is -2.78. The molecular weight excluding hydrogens is 1740 g/mol. The predicted octanol–water partition coefficient (Wildman–Crippen LogP) is 5.70. The van der Waals surface area contributed by atoms with Gasteiger partial charge in [-0.2, -0.15) is 8.78 Å². The number of aromatic nitrogens is 1. The number of aromatic carboxylic acids is 1. The SMILES string of the molecule is COC(=O)c1ccc(OC)c(S(=O)(=O)Cl)c1.COC(=O)c1ccc(OC)c(S(=O)(=O)NCCN2CCOCC2)c1.COc1ccc(C(=O)O)cc1S(=O)(=O)NCCN1CCOCC1.COc1ccc(C(=O)O[C@@H](Cc2c(Cl)c[nH+]cc2Cl)c2ccc(OC(F)F)c(OCC3CC3)c2)cc1S(=O)(=O)CCCN1CCOCC1.NCCN1CCOCC1.[OH3+]. The smallest absolute Gasteiger partial charge is 0.387 e. The number of halogens is 5. The summed E-state index contributed by atoms with van der Waals surface area (Å²) in [6, 6.07) is 20.0. The molecule has 1 atom stereocenters. The molecule has 35 nitrogen and oxygen atoms in total. The fraction of sp³-hybridized carbons (Fsp3) is 0.494. The van der Waals surface area contributed by atoms with Crippen molar-refractivity contribution in [2.24, 2.45) is 11.7 Å². The molecule has 44 heteroatoms. The van der Waals surface area contributed by atoms with E-state index >= 15 is 0 Å². The first-order chi connectivity index (χ1) is 57.3. The summed E-state index contributed by atoms with van der Waals surface area (Å²) in [5, 5.41) is 9.57. The molecule has 0 spiro atoms. The maximum Gasteiger partial charge on any atom is 0.387 e. The average molecular weight is 1850 g/mol. The van der Waals surface area contributed by atoms with E-state index in [1.54, 1.807) is 0 Å². The molecule has 0 bridgehead atoms. The van der Waals surface area contributed by atoms with Crippen molar-refractivity contribution >= 4 is 96.7 Å². The molecule has 6 aromatic rings. The van der Waals surface area contributed by atoms with Crippen LogP contribution in [0.4, 0.5) is 8.78 Å². The Kier molecular flexibility index (Phi) is 42.6. The zero-order valence-corrected chi connectivity index (χ0v) is 73.2. The number of ether oxygens (including phenoxy) is 13. The maximum absolute atomic E-state index is 13.7. The summed E-state index contributed by atoms with van der Waals surface area (Å²) in [7, 11) is -2.48. The average Bonchev–Trinajstić information content (AvgIpc) is 1.12. The lowest BCUT2D eigenvalue weighted by atomic mass is 10.0. The molecule has 672 valence electrons. The summed E-state index contributed by atoms with van der Waals surface area (Å²) in [6.07, 6.45) is 4.32. The van der Waals surface area contributed by atoms with E-state index in [1.807, 2.05) is 0 Å². The summed E-state index contributed by atoms with van der Waals surface area (Å²) in [5.41, 5.74) is 6.31. The Hall–Kier alpha value is -8.02. The largest absolute Gasteiger partial charge is 0.495 e. The number of carboxylic acid groups (broad SMARTS) is 1. The summed E-state index contributed by atoms with van der Waals surface area (Å²) < 4.78 is 197. The van der Waals surface area contributed by atoms with E-state index in [-0.39, 0.29) is 117 Å². The van der Waals surface area contributed by atoms with Crippen LogP contribution in [0, 0.1) is 5.92 Å². The summed E-state index contributed by atoms with van der Waals surface area (Å²) in [6.45, 7) is 13.4. The Morgan fingerprint density at radius 3 is 1.33 bits per heavy atom. The topological polar surface area (TPSA) is 455 Å². The van der Waals surface area contributed by atoms with E-state index in [2.05, 4.69) is 48.2 Å². The number of esters is 3. The van der Waals surface area contributed by atoms with Crippen molar-refractivity contribution in [2.75, 3.05) is 206 Å². The minimum Gasteiger partial charge on any atom is -0.495 e. The van der Waals surface area contributed by atoms with Gasteiger partial charge in [0.05, 0.1) is 130 Å². The molecule has 5 fully saturated rings. The van der Waals surface area contributed by atoms with Crippen molar-refractivity contribution in [2.45, 2.75) is 58.0 Å². The molecule has 5 heterocycles. The zero-order chi connectivity index (χ0) is 87.6. The van der Waals surface area contributed by atoms with Crippen LogP contribution >= 0.6 is 33.9 Å². The lowest BCUT2D eigenvalue weighted by molar-refractivity contribution is -0.377. The van der Waals surface area contributed by atoms with E-state index < -0.39 is 75.5 Å². The number of benzene rings is 5. The molecule has 11 rings (SSSR count). The number of methoxy groups -OCH3 is 6. The van der Waals surface area contributed by atoms with Gasteiger partial charge < -0.3 is 77.9 Å². The Morgan fingerprint density at radius 1 is 0.529 bits per heavy atom. The minimum absolute atomic E-state index is 0. The van der Waals surface area contributed by atoms with Crippen LogP contribution in [0.3, 0.4) is 0 Å². The van der Waals surface area contributed by atoms with Crippen LogP contribution in [0.25, 0.3) is 0 Å². The number of pyridine rings is 1. The number of sulfone groups is 1. The molecule has 0 amide bonds. The van der Waals surface area contributed by atoms with E-state index in [0.29, 0.717) is 89.3 Å². The normalized spacial score (nSPS) is 15.7. The number of aromatic amines is 1. The number of H-pyrrole nitrogens is 1. The second-order valence-electron chi connectivity index (χ2n) is 26.8. The molecular formula is C77H105Cl3F2N8O27S4+2. The van der Waals surface area contributed by atoms with Crippen LogP contribution < -0.4 is 48.6 Å². The molecule has 1 aliphatic carbocycles. The molecule has 1 saturated carbocycles. The number of nitrogens with two attached hydrogens (primary N) is 1. The molecule has 121 heavy (non-hydrogen) atoms. The number of morpholine rings is 4. The van der Waals surface area contributed by atoms with Crippen molar-refractivity contribution < 1.29 is 139 Å². The van der Waals surface area contributed by atoms with Crippen LogP contribution in [0.1, 0.15) is 77.9 Å². The van der Waals surface area contributed by atoms with Crippen molar-refractivity contribution in [3.05, 3.63) is 147 Å². The first-order valence-electron chi connectivity index (χ1n) is 37.7. The van der Waals surface area contributed by atoms with Gasteiger partial charge in [-0.05, 0) is 122 Å². The zero-order valence-electron chi connectivity index (χ0n) is 67.7. The van der Waals surface area contributed by atoms with Gasteiger partial charge in [0.1, 0.15) is 58.7 Å². The number of hydrogen-bond donors (Lipinski definition) is 4. The molecule has 4 aliphatic heterocycles. The van der Waals surface area contributed by atoms with Gasteiger partial charge in [0.2, 0.25) is 20.0 Å².